The molecule has 0 atom stereocenters. The van der Waals surface area contributed by atoms with E-state index in [9.17, 15) is 0 Å². The van der Waals surface area contributed by atoms with Crippen LogP contribution in [0.5, 0.6) is 0 Å². The summed E-state index contributed by atoms with van der Waals surface area (Å²) >= 11 is 8.11. The average Bonchev–Trinajstić information content (AvgIpc) is 1.89. The SMILES string of the molecule is Clc1ccccc1CI. The Morgan fingerprint density at radius 3 is 2.44 bits per heavy atom. The minimum Gasteiger partial charge on any atom is -0.0840 e. The van der Waals surface area contributed by atoms with Gasteiger partial charge in [-0.15, -0.1) is 0 Å². The molecule has 0 bridgehead atoms. The molecule has 0 saturated carbocycles. The Kier molecular flexibility index (Phi) is 2.79. The van der Waals surface area contributed by atoms with Crippen molar-refractivity contribution in [3.8, 4) is 0 Å². The Morgan fingerprint density at radius 2 is 2.00 bits per heavy atom. The van der Waals surface area contributed by atoms with E-state index >= 15 is 0 Å². The number of halogens is 2. The zero-order chi connectivity index (χ0) is 6.69. The summed E-state index contributed by atoms with van der Waals surface area (Å²) in [6, 6.07) is 7.89. The molecule has 0 spiro atoms. The first-order chi connectivity index (χ1) is 4.34. The van der Waals surface area contributed by atoms with Crippen molar-refractivity contribution in [3.63, 3.8) is 0 Å². The van der Waals surface area contributed by atoms with Crippen LogP contribution in [-0.4, -0.2) is 0 Å². The highest BCUT2D eigenvalue weighted by Crippen LogP contribution is 2.17. The van der Waals surface area contributed by atoms with Crippen molar-refractivity contribution in [2.45, 2.75) is 4.43 Å². The van der Waals surface area contributed by atoms with E-state index in [4.69, 9.17) is 11.6 Å². The van der Waals surface area contributed by atoms with Gasteiger partial charge in [0.25, 0.3) is 0 Å². The Bertz CT molecular complexity index is 198. The summed E-state index contributed by atoms with van der Waals surface area (Å²) in [7, 11) is 0. The number of hydrogen-bond donors (Lipinski definition) is 0. The highest BCUT2D eigenvalue weighted by Gasteiger charge is 1.92. The van der Waals surface area contributed by atoms with E-state index in [-0.39, 0.29) is 0 Å². The summed E-state index contributed by atoms with van der Waals surface area (Å²) in [6.07, 6.45) is 0. The highest BCUT2D eigenvalue weighted by molar-refractivity contribution is 14.1. The van der Waals surface area contributed by atoms with E-state index in [1.54, 1.807) is 0 Å². The van der Waals surface area contributed by atoms with Crippen LogP contribution in [0.2, 0.25) is 5.02 Å². The van der Waals surface area contributed by atoms with Crippen molar-refractivity contribution in [1.29, 1.82) is 0 Å². The Morgan fingerprint density at radius 1 is 1.33 bits per heavy atom. The fourth-order valence-electron chi connectivity index (χ4n) is 0.607. The molecule has 0 aliphatic rings. The molecule has 1 aromatic rings. The van der Waals surface area contributed by atoms with Crippen LogP contribution in [0.4, 0.5) is 0 Å². The van der Waals surface area contributed by atoms with Gasteiger partial charge in [-0.2, -0.15) is 0 Å². The maximum Gasteiger partial charge on any atom is 0.0445 e. The van der Waals surface area contributed by atoms with E-state index in [1.807, 2.05) is 24.3 Å². The van der Waals surface area contributed by atoms with Crippen LogP contribution in [0, 0.1) is 0 Å². The first-order valence-electron chi connectivity index (χ1n) is 2.64. The number of rotatable bonds is 1. The van der Waals surface area contributed by atoms with Crippen LogP contribution in [0.3, 0.4) is 0 Å². The Hall–Kier alpha value is 0.240. The molecule has 0 saturated heterocycles. The molecule has 1 rings (SSSR count). The minimum atomic E-state index is 0.868. The topological polar surface area (TPSA) is 0 Å². The van der Waals surface area contributed by atoms with Gasteiger partial charge in [0.15, 0.2) is 0 Å². The molecular weight excluding hydrogens is 246 g/mol. The van der Waals surface area contributed by atoms with Gasteiger partial charge in [0.1, 0.15) is 0 Å². The average molecular weight is 252 g/mol. The molecule has 0 nitrogen and oxygen atoms in total. The summed E-state index contributed by atoms with van der Waals surface area (Å²) in [5, 5.41) is 0.868. The molecule has 2 heteroatoms. The standard InChI is InChI=1S/C7H6ClI/c8-7-4-2-1-3-6(7)5-9/h1-4H,5H2. The molecule has 0 heterocycles. The van der Waals surface area contributed by atoms with Crippen LogP contribution in [0.15, 0.2) is 24.3 Å². The largest absolute Gasteiger partial charge is 0.0840 e. The first kappa shape index (κ1) is 7.35. The van der Waals surface area contributed by atoms with Gasteiger partial charge in [-0.3, -0.25) is 0 Å². The molecule has 9 heavy (non-hydrogen) atoms. The lowest BCUT2D eigenvalue weighted by Gasteiger charge is -1.95. The van der Waals surface area contributed by atoms with Gasteiger partial charge in [-0.25, -0.2) is 0 Å². The molecule has 0 unspecified atom stereocenters. The smallest absolute Gasteiger partial charge is 0.0445 e. The van der Waals surface area contributed by atoms with Crippen molar-refractivity contribution < 1.29 is 0 Å². The second kappa shape index (κ2) is 3.42. The fraction of sp³-hybridized carbons (Fsp3) is 0.143. The van der Waals surface area contributed by atoms with Gasteiger partial charge >= 0.3 is 0 Å². The maximum absolute atomic E-state index is 5.82. The molecular formula is C7H6ClI. The summed E-state index contributed by atoms with van der Waals surface area (Å²) in [4.78, 5) is 0. The van der Waals surface area contributed by atoms with Crippen LogP contribution in [0.25, 0.3) is 0 Å². The number of benzene rings is 1. The third-order valence-electron chi connectivity index (χ3n) is 1.10. The second-order valence-electron chi connectivity index (χ2n) is 1.73. The maximum atomic E-state index is 5.82. The summed E-state index contributed by atoms with van der Waals surface area (Å²) in [6.45, 7) is 0. The van der Waals surface area contributed by atoms with Crippen LogP contribution >= 0.6 is 34.2 Å². The first-order valence-corrected chi connectivity index (χ1v) is 4.54. The van der Waals surface area contributed by atoms with Crippen molar-refractivity contribution in [1.82, 2.24) is 0 Å². The van der Waals surface area contributed by atoms with Crippen molar-refractivity contribution >= 4 is 34.2 Å². The molecule has 48 valence electrons. The predicted molar refractivity (Wildman–Crippen MR) is 49.2 cm³/mol. The van der Waals surface area contributed by atoms with Gasteiger partial charge in [0, 0.05) is 9.45 Å². The van der Waals surface area contributed by atoms with Crippen LogP contribution in [-0.2, 0) is 4.43 Å². The van der Waals surface area contributed by atoms with Gasteiger partial charge < -0.3 is 0 Å². The Labute approximate surface area is 73.4 Å². The highest BCUT2D eigenvalue weighted by atomic mass is 127. The monoisotopic (exact) mass is 252 g/mol. The molecule has 0 aliphatic heterocycles. The molecule has 0 aromatic heterocycles. The van der Waals surface area contributed by atoms with Crippen LogP contribution < -0.4 is 0 Å². The number of hydrogen-bond acceptors (Lipinski definition) is 0. The molecule has 0 aliphatic carbocycles. The zero-order valence-electron chi connectivity index (χ0n) is 4.77. The summed E-state index contributed by atoms with van der Waals surface area (Å²) in [5.74, 6) is 0. The molecule has 0 amide bonds. The molecule has 0 fully saturated rings. The second-order valence-corrected chi connectivity index (χ2v) is 2.90. The van der Waals surface area contributed by atoms with E-state index in [1.165, 1.54) is 5.56 Å². The summed E-state index contributed by atoms with van der Waals surface area (Å²) < 4.78 is 0.984. The predicted octanol–water partition coefficient (Wildman–Crippen LogP) is 3.28. The van der Waals surface area contributed by atoms with E-state index < -0.39 is 0 Å². The molecule has 0 N–H and O–H groups in total. The molecule has 0 radical (unpaired) electrons. The van der Waals surface area contributed by atoms with Gasteiger partial charge in [0.05, 0.1) is 0 Å². The fourth-order valence-corrected chi connectivity index (χ4v) is 1.70. The summed E-state index contributed by atoms with van der Waals surface area (Å²) in [5.41, 5.74) is 1.21. The lowest BCUT2D eigenvalue weighted by atomic mass is 10.2. The Balaban J connectivity index is 3.01. The third kappa shape index (κ3) is 1.83. The van der Waals surface area contributed by atoms with Crippen LogP contribution in [0.1, 0.15) is 5.56 Å². The van der Waals surface area contributed by atoms with Gasteiger partial charge in [-0.1, -0.05) is 52.4 Å². The lowest BCUT2D eigenvalue weighted by molar-refractivity contribution is 1.46. The van der Waals surface area contributed by atoms with Gasteiger partial charge in [0.2, 0.25) is 0 Å². The van der Waals surface area contributed by atoms with Gasteiger partial charge in [-0.05, 0) is 11.6 Å². The van der Waals surface area contributed by atoms with E-state index in [2.05, 4.69) is 22.6 Å². The minimum absolute atomic E-state index is 0.868. The van der Waals surface area contributed by atoms with Crippen molar-refractivity contribution in [3.05, 3.63) is 34.9 Å². The van der Waals surface area contributed by atoms with Crippen molar-refractivity contribution in [2.75, 3.05) is 0 Å². The lowest BCUT2D eigenvalue weighted by Crippen LogP contribution is -1.75. The van der Waals surface area contributed by atoms with Crippen molar-refractivity contribution in [2.24, 2.45) is 0 Å². The third-order valence-corrected chi connectivity index (χ3v) is 2.29. The quantitative estimate of drug-likeness (QED) is 0.531. The van der Waals surface area contributed by atoms with E-state index in [0.29, 0.717) is 0 Å². The molecule has 1 aromatic carbocycles. The van der Waals surface area contributed by atoms with E-state index in [0.717, 1.165) is 9.45 Å². The number of alkyl halides is 1. The normalized spacial score (nSPS) is 9.56. The zero-order valence-corrected chi connectivity index (χ0v) is 7.69.